The number of halogens is 2. The minimum absolute atomic E-state index is 0.274. The van der Waals surface area contributed by atoms with E-state index in [0.29, 0.717) is 33.5 Å². The molecule has 1 N–H and O–H groups in total. The van der Waals surface area contributed by atoms with Gasteiger partial charge in [-0.2, -0.15) is 5.10 Å². The summed E-state index contributed by atoms with van der Waals surface area (Å²) in [5.41, 5.74) is 4.72. The summed E-state index contributed by atoms with van der Waals surface area (Å²) in [6.45, 7) is 4.22. The van der Waals surface area contributed by atoms with Crippen LogP contribution < -0.4 is 10.2 Å². The normalized spacial score (nSPS) is 11.1. The van der Waals surface area contributed by atoms with E-state index < -0.39 is 0 Å². The Morgan fingerprint density at radius 3 is 2.56 bits per heavy atom. The Kier molecular flexibility index (Phi) is 5.99. The van der Waals surface area contributed by atoms with Crippen molar-refractivity contribution in [3.05, 3.63) is 75.3 Å². The van der Waals surface area contributed by atoms with Crippen molar-refractivity contribution in [3.8, 4) is 5.75 Å². The van der Waals surface area contributed by atoms with Crippen LogP contribution in [0.3, 0.4) is 0 Å². The molecule has 0 aliphatic carbocycles. The van der Waals surface area contributed by atoms with Crippen molar-refractivity contribution in [2.45, 2.75) is 13.8 Å². The van der Waals surface area contributed by atoms with Crippen LogP contribution in [0.2, 0.25) is 10.0 Å². The molecule has 0 aliphatic heterocycles. The molecule has 0 fully saturated rings. The molecule has 0 aromatic heterocycles. The molecule has 3 aromatic carbocycles. The van der Waals surface area contributed by atoms with E-state index in [4.69, 9.17) is 27.9 Å². The minimum Gasteiger partial charge on any atom is -0.491 e. The maximum Gasteiger partial charge on any atom is 0.272 e. The standard InChI is InChI=1S/C21H18Cl2N2O2/c1-3-27-20-17(22)10-14(11-18(20)23)12-24-25-21(26)19-13(2)8-9-15-6-4-5-7-16(15)19/h4-12H,3H2,1-2H3,(H,25,26)/b24-12-. The highest BCUT2D eigenvalue weighted by Crippen LogP contribution is 2.33. The number of carbonyl (C=O) groups excluding carboxylic acids is 1. The number of nitrogens with zero attached hydrogens (tertiary/aromatic N) is 1. The van der Waals surface area contributed by atoms with Crippen molar-refractivity contribution in [1.29, 1.82) is 0 Å². The van der Waals surface area contributed by atoms with Crippen molar-refractivity contribution >= 4 is 46.1 Å². The van der Waals surface area contributed by atoms with Gasteiger partial charge in [-0.15, -0.1) is 0 Å². The SMILES string of the molecule is CCOc1c(Cl)cc(/C=N\NC(=O)c2c(C)ccc3ccccc23)cc1Cl. The lowest BCUT2D eigenvalue weighted by molar-refractivity contribution is 0.0956. The van der Waals surface area contributed by atoms with E-state index in [1.807, 2.05) is 50.2 Å². The first-order valence-electron chi connectivity index (χ1n) is 8.45. The first kappa shape index (κ1) is 19.2. The maximum absolute atomic E-state index is 12.6. The third-order valence-electron chi connectivity index (χ3n) is 4.05. The van der Waals surface area contributed by atoms with E-state index in [9.17, 15) is 4.79 Å². The van der Waals surface area contributed by atoms with Crippen LogP contribution in [-0.4, -0.2) is 18.7 Å². The zero-order valence-electron chi connectivity index (χ0n) is 14.9. The van der Waals surface area contributed by atoms with Gasteiger partial charge in [-0.3, -0.25) is 4.79 Å². The molecule has 0 aliphatic rings. The van der Waals surface area contributed by atoms with E-state index >= 15 is 0 Å². The number of carbonyl (C=O) groups is 1. The Morgan fingerprint density at radius 1 is 1.15 bits per heavy atom. The number of rotatable bonds is 5. The van der Waals surface area contributed by atoms with Crippen LogP contribution in [-0.2, 0) is 0 Å². The van der Waals surface area contributed by atoms with E-state index in [2.05, 4.69) is 10.5 Å². The lowest BCUT2D eigenvalue weighted by Crippen LogP contribution is -2.19. The lowest BCUT2D eigenvalue weighted by Gasteiger charge is -2.09. The molecule has 138 valence electrons. The largest absolute Gasteiger partial charge is 0.491 e. The molecule has 0 saturated carbocycles. The number of aryl methyl sites for hydroxylation is 1. The van der Waals surface area contributed by atoms with Crippen molar-refractivity contribution < 1.29 is 9.53 Å². The second kappa shape index (κ2) is 8.42. The zero-order chi connectivity index (χ0) is 19.4. The van der Waals surface area contributed by atoms with Gasteiger partial charge in [0.2, 0.25) is 0 Å². The van der Waals surface area contributed by atoms with Gasteiger partial charge in [-0.25, -0.2) is 5.43 Å². The third-order valence-corrected chi connectivity index (χ3v) is 4.61. The number of hydrazone groups is 1. The predicted octanol–water partition coefficient (Wildman–Crippen LogP) is 5.62. The number of fused-ring (bicyclic) bond motifs is 1. The van der Waals surface area contributed by atoms with Gasteiger partial charge in [-0.1, -0.05) is 59.6 Å². The second-order valence-electron chi connectivity index (χ2n) is 5.92. The van der Waals surface area contributed by atoms with Crippen molar-refractivity contribution in [2.24, 2.45) is 5.10 Å². The Labute approximate surface area is 167 Å². The van der Waals surface area contributed by atoms with Crippen LogP contribution in [0.4, 0.5) is 0 Å². The predicted molar refractivity (Wildman–Crippen MR) is 111 cm³/mol. The minimum atomic E-state index is -0.274. The Morgan fingerprint density at radius 2 is 1.85 bits per heavy atom. The molecule has 0 bridgehead atoms. The first-order valence-corrected chi connectivity index (χ1v) is 9.20. The fourth-order valence-corrected chi connectivity index (χ4v) is 3.45. The Hall–Kier alpha value is -2.56. The summed E-state index contributed by atoms with van der Waals surface area (Å²) in [5, 5.41) is 6.71. The van der Waals surface area contributed by atoms with Crippen molar-refractivity contribution in [3.63, 3.8) is 0 Å². The molecule has 1 amide bonds. The summed E-state index contributed by atoms with van der Waals surface area (Å²) in [4.78, 5) is 12.6. The molecule has 0 spiro atoms. The van der Waals surface area contributed by atoms with Crippen LogP contribution in [0.25, 0.3) is 10.8 Å². The third kappa shape index (κ3) is 4.24. The van der Waals surface area contributed by atoms with E-state index in [0.717, 1.165) is 16.3 Å². The summed E-state index contributed by atoms with van der Waals surface area (Å²) < 4.78 is 5.40. The molecule has 0 unspecified atom stereocenters. The van der Waals surface area contributed by atoms with Gasteiger partial charge in [0, 0.05) is 0 Å². The first-order chi connectivity index (χ1) is 13.0. The summed E-state index contributed by atoms with van der Waals surface area (Å²) in [6.07, 6.45) is 1.49. The van der Waals surface area contributed by atoms with Gasteiger partial charge < -0.3 is 4.74 Å². The highest BCUT2D eigenvalue weighted by atomic mass is 35.5. The lowest BCUT2D eigenvalue weighted by atomic mass is 9.99. The topological polar surface area (TPSA) is 50.7 Å². The van der Waals surface area contributed by atoms with E-state index in [1.54, 1.807) is 12.1 Å². The second-order valence-corrected chi connectivity index (χ2v) is 6.74. The van der Waals surface area contributed by atoms with Gasteiger partial charge >= 0.3 is 0 Å². The summed E-state index contributed by atoms with van der Waals surface area (Å²) in [5.74, 6) is 0.164. The van der Waals surface area contributed by atoms with Crippen LogP contribution in [0.5, 0.6) is 5.75 Å². The molecular weight excluding hydrogens is 383 g/mol. The number of ether oxygens (including phenoxy) is 1. The average molecular weight is 401 g/mol. The Balaban J connectivity index is 1.81. The van der Waals surface area contributed by atoms with E-state index in [1.165, 1.54) is 6.21 Å². The summed E-state index contributed by atoms with van der Waals surface area (Å²) >= 11 is 12.4. The van der Waals surface area contributed by atoms with Gasteiger partial charge in [-0.05, 0) is 47.9 Å². The maximum atomic E-state index is 12.6. The molecular formula is C21H18Cl2N2O2. The summed E-state index contributed by atoms with van der Waals surface area (Å²) in [6, 6.07) is 15.0. The molecule has 6 heteroatoms. The fourth-order valence-electron chi connectivity index (χ4n) is 2.84. The van der Waals surface area contributed by atoms with Crippen LogP contribution >= 0.6 is 23.2 Å². The molecule has 0 saturated heterocycles. The van der Waals surface area contributed by atoms with Crippen molar-refractivity contribution in [2.75, 3.05) is 6.61 Å². The Bertz CT molecular complexity index is 1010. The van der Waals surface area contributed by atoms with Gasteiger partial charge in [0.25, 0.3) is 5.91 Å². The molecule has 3 aromatic rings. The molecule has 4 nitrogen and oxygen atoms in total. The highest BCUT2D eigenvalue weighted by Gasteiger charge is 2.13. The molecule has 27 heavy (non-hydrogen) atoms. The smallest absolute Gasteiger partial charge is 0.272 e. The van der Waals surface area contributed by atoms with Gasteiger partial charge in [0.15, 0.2) is 5.75 Å². The van der Waals surface area contributed by atoms with Crippen LogP contribution in [0.15, 0.2) is 53.6 Å². The van der Waals surface area contributed by atoms with Gasteiger partial charge in [0.1, 0.15) is 0 Å². The van der Waals surface area contributed by atoms with Crippen LogP contribution in [0.1, 0.15) is 28.4 Å². The molecule has 3 rings (SSSR count). The molecule has 0 radical (unpaired) electrons. The van der Waals surface area contributed by atoms with Crippen molar-refractivity contribution in [1.82, 2.24) is 5.43 Å². The number of nitrogens with one attached hydrogen (secondary N) is 1. The van der Waals surface area contributed by atoms with Crippen LogP contribution in [0, 0.1) is 6.92 Å². The monoisotopic (exact) mass is 400 g/mol. The molecule has 0 atom stereocenters. The number of hydrogen-bond donors (Lipinski definition) is 1. The quantitative estimate of drug-likeness (QED) is 0.446. The molecule has 0 heterocycles. The van der Waals surface area contributed by atoms with Gasteiger partial charge in [0.05, 0.1) is 28.4 Å². The number of amides is 1. The zero-order valence-corrected chi connectivity index (χ0v) is 16.4. The highest BCUT2D eigenvalue weighted by molar-refractivity contribution is 6.37. The fraction of sp³-hybridized carbons (Fsp3) is 0.143. The average Bonchev–Trinajstić information content (AvgIpc) is 2.64. The van der Waals surface area contributed by atoms with E-state index in [-0.39, 0.29) is 5.91 Å². The number of hydrogen-bond acceptors (Lipinski definition) is 3. The number of benzene rings is 3. The summed E-state index contributed by atoms with van der Waals surface area (Å²) in [7, 11) is 0.